The van der Waals surface area contributed by atoms with E-state index in [-0.39, 0.29) is 0 Å². The molecule has 0 amide bonds. The third-order valence-corrected chi connectivity index (χ3v) is 4.70. The van der Waals surface area contributed by atoms with Crippen LogP contribution in [0.3, 0.4) is 0 Å². The molecule has 0 aromatic heterocycles. The fourth-order valence-corrected chi connectivity index (χ4v) is 3.29. The third kappa shape index (κ3) is 4.68. The molecule has 1 fully saturated rings. The van der Waals surface area contributed by atoms with Gasteiger partial charge in [0.2, 0.25) is 0 Å². The van der Waals surface area contributed by atoms with Crippen LogP contribution in [0.4, 0.5) is 0 Å². The number of nitrogens with zero attached hydrogens (tertiary/aromatic N) is 1. The van der Waals surface area contributed by atoms with Gasteiger partial charge in [-0.15, -0.1) is 0 Å². The summed E-state index contributed by atoms with van der Waals surface area (Å²) in [6, 6.07) is 8.39. The van der Waals surface area contributed by atoms with Crippen molar-refractivity contribution in [3.8, 4) is 5.75 Å². The zero-order valence-electron chi connectivity index (χ0n) is 13.0. The summed E-state index contributed by atoms with van der Waals surface area (Å²) in [5.74, 6) is 1.63. The maximum atomic E-state index is 5.84. The zero-order valence-corrected chi connectivity index (χ0v) is 13.9. The Hall–Kier alpha value is -1.13. The lowest BCUT2D eigenvalue weighted by atomic mass is 9.85. The molecule has 2 rings (SSSR count). The van der Waals surface area contributed by atoms with E-state index in [1.165, 1.54) is 25.7 Å². The van der Waals surface area contributed by atoms with Gasteiger partial charge in [0.1, 0.15) is 17.3 Å². The van der Waals surface area contributed by atoms with Crippen molar-refractivity contribution in [3.05, 3.63) is 29.8 Å². The summed E-state index contributed by atoms with van der Waals surface area (Å²) in [5.41, 5.74) is 6.50. The maximum absolute atomic E-state index is 5.84. The molecule has 0 radical (unpaired) electrons. The van der Waals surface area contributed by atoms with Gasteiger partial charge in [-0.05, 0) is 37.9 Å². The van der Waals surface area contributed by atoms with Crippen LogP contribution >= 0.6 is 12.2 Å². The van der Waals surface area contributed by atoms with E-state index in [2.05, 4.69) is 18.9 Å². The van der Waals surface area contributed by atoms with E-state index in [4.69, 9.17) is 22.7 Å². The Morgan fingerprint density at radius 2 is 2.14 bits per heavy atom. The van der Waals surface area contributed by atoms with Crippen molar-refractivity contribution in [1.82, 2.24) is 4.90 Å². The van der Waals surface area contributed by atoms with E-state index in [0.717, 1.165) is 23.8 Å². The SMILES string of the molecule is CC1CCCCC1N(C)CCOc1cccc(C(N)=S)c1. The van der Waals surface area contributed by atoms with Crippen LogP contribution in [0.5, 0.6) is 5.75 Å². The summed E-state index contributed by atoms with van der Waals surface area (Å²) in [6.45, 7) is 4.01. The Kier molecular flexibility index (Phi) is 6.00. The molecule has 4 heteroatoms. The number of thiocarbonyl (C=S) groups is 1. The first-order valence-electron chi connectivity index (χ1n) is 7.81. The average molecular weight is 306 g/mol. The van der Waals surface area contributed by atoms with Gasteiger partial charge in [-0.2, -0.15) is 0 Å². The molecule has 1 saturated carbocycles. The molecule has 2 atom stereocenters. The van der Waals surface area contributed by atoms with Gasteiger partial charge in [-0.25, -0.2) is 0 Å². The van der Waals surface area contributed by atoms with Gasteiger partial charge in [0.05, 0.1) is 0 Å². The summed E-state index contributed by atoms with van der Waals surface area (Å²) < 4.78 is 5.84. The van der Waals surface area contributed by atoms with E-state index < -0.39 is 0 Å². The quantitative estimate of drug-likeness (QED) is 0.819. The first kappa shape index (κ1) is 16.2. The molecule has 1 aromatic rings. The lowest BCUT2D eigenvalue weighted by Gasteiger charge is -2.36. The topological polar surface area (TPSA) is 38.5 Å². The highest BCUT2D eigenvalue weighted by Gasteiger charge is 2.24. The van der Waals surface area contributed by atoms with Gasteiger partial charge in [0.15, 0.2) is 0 Å². The van der Waals surface area contributed by atoms with Gasteiger partial charge in [0, 0.05) is 18.2 Å². The summed E-state index contributed by atoms with van der Waals surface area (Å²) in [4.78, 5) is 2.86. The minimum atomic E-state index is 0.411. The van der Waals surface area contributed by atoms with Crippen molar-refractivity contribution < 1.29 is 4.74 Å². The number of hydrogen-bond acceptors (Lipinski definition) is 3. The highest BCUT2D eigenvalue weighted by atomic mass is 32.1. The van der Waals surface area contributed by atoms with Crippen molar-refractivity contribution in [1.29, 1.82) is 0 Å². The largest absolute Gasteiger partial charge is 0.492 e. The van der Waals surface area contributed by atoms with Crippen LogP contribution in [0.15, 0.2) is 24.3 Å². The van der Waals surface area contributed by atoms with Crippen molar-refractivity contribution in [2.75, 3.05) is 20.2 Å². The van der Waals surface area contributed by atoms with Crippen LogP contribution in [-0.4, -0.2) is 36.1 Å². The van der Waals surface area contributed by atoms with Crippen molar-refractivity contribution >= 4 is 17.2 Å². The number of hydrogen-bond donors (Lipinski definition) is 1. The summed E-state index contributed by atoms with van der Waals surface area (Å²) >= 11 is 4.99. The molecular weight excluding hydrogens is 280 g/mol. The standard InChI is InChI=1S/C17H26N2OS/c1-13-6-3-4-9-16(13)19(2)10-11-20-15-8-5-7-14(12-15)17(18)21/h5,7-8,12-13,16H,3-4,6,9-11H2,1-2H3,(H2,18,21). The Balaban J connectivity index is 1.80. The average Bonchev–Trinajstić information content (AvgIpc) is 2.48. The summed E-state index contributed by atoms with van der Waals surface area (Å²) in [7, 11) is 2.21. The predicted octanol–water partition coefficient (Wildman–Crippen LogP) is 3.21. The Labute approximate surface area is 133 Å². The second-order valence-electron chi connectivity index (χ2n) is 6.05. The Morgan fingerprint density at radius 1 is 1.38 bits per heavy atom. The molecule has 2 unspecified atom stereocenters. The van der Waals surface area contributed by atoms with E-state index >= 15 is 0 Å². The first-order chi connectivity index (χ1) is 10.1. The molecule has 2 N–H and O–H groups in total. The van der Waals surface area contributed by atoms with E-state index in [9.17, 15) is 0 Å². The van der Waals surface area contributed by atoms with Crippen molar-refractivity contribution in [2.45, 2.75) is 38.6 Å². The minimum absolute atomic E-state index is 0.411. The van der Waals surface area contributed by atoms with Crippen LogP contribution in [0.2, 0.25) is 0 Å². The Bertz CT molecular complexity index is 478. The molecule has 0 bridgehead atoms. The Morgan fingerprint density at radius 3 is 2.86 bits per heavy atom. The number of likely N-dealkylation sites (N-methyl/N-ethyl adjacent to an activating group) is 1. The minimum Gasteiger partial charge on any atom is -0.492 e. The number of rotatable bonds is 6. The molecule has 0 aliphatic heterocycles. The number of ether oxygens (including phenoxy) is 1. The van der Waals surface area contributed by atoms with Gasteiger partial charge >= 0.3 is 0 Å². The highest BCUT2D eigenvalue weighted by molar-refractivity contribution is 7.80. The predicted molar refractivity (Wildman–Crippen MR) is 91.9 cm³/mol. The smallest absolute Gasteiger partial charge is 0.120 e. The molecule has 1 aromatic carbocycles. The molecule has 0 heterocycles. The van der Waals surface area contributed by atoms with Crippen molar-refractivity contribution in [3.63, 3.8) is 0 Å². The van der Waals surface area contributed by atoms with Gasteiger partial charge in [-0.3, -0.25) is 4.90 Å². The number of benzene rings is 1. The molecular formula is C17H26N2OS. The maximum Gasteiger partial charge on any atom is 0.120 e. The molecule has 1 aliphatic carbocycles. The van der Waals surface area contributed by atoms with Crippen LogP contribution in [-0.2, 0) is 0 Å². The molecule has 116 valence electrons. The second kappa shape index (κ2) is 7.76. The first-order valence-corrected chi connectivity index (χ1v) is 8.21. The monoisotopic (exact) mass is 306 g/mol. The molecule has 0 spiro atoms. The van der Waals surface area contributed by atoms with Crippen LogP contribution < -0.4 is 10.5 Å². The highest BCUT2D eigenvalue weighted by Crippen LogP contribution is 2.27. The molecule has 21 heavy (non-hydrogen) atoms. The zero-order chi connectivity index (χ0) is 15.2. The fraction of sp³-hybridized carbons (Fsp3) is 0.588. The van der Waals surface area contributed by atoms with E-state index in [0.29, 0.717) is 17.6 Å². The van der Waals surface area contributed by atoms with Gasteiger partial charge in [0.25, 0.3) is 0 Å². The van der Waals surface area contributed by atoms with Crippen LogP contribution in [0.1, 0.15) is 38.2 Å². The lowest BCUT2D eigenvalue weighted by molar-refractivity contribution is 0.120. The fourth-order valence-electron chi connectivity index (χ4n) is 3.16. The third-order valence-electron chi connectivity index (χ3n) is 4.46. The van der Waals surface area contributed by atoms with E-state index in [1.54, 1.807) is 0 Å². The summed E-state index contributed by atoms with van der Waals surface area (Å²) in [6.07, 6.45) is 5.41. The van der Waals surface area contributed by atoms with Crippen LogP contribution in [0, 0.1) is 5.92 Å². The van der Waals surface area contributed by atoms with Gasteiger partial charge < -0.3 is 10.5 Å². The molecule has 0 saturated heterocycles. The second-order valence-corrected chi connectivity index (χ2v) is 6.49. The number of nitrogens with two attached hydrogens (primary N) is 1. The molecule has 1 aliphatic rings. The molecule has 3 nitrogen and oxygen atoms in total. The lowest BCUT2D eigenvalue weighted by Crippen LogP contribution is -2.40. The van der Waals surface area contributed by atoms with Crippen LogP contribution in [0.25, 0.3) is 0 Å². The van der Waals surface area contributed by atoms with Gasteiger partial charge in [-0.1, -0.05) is 44.1 Å². The van der Waals surface area contributed by atoms with Crippen molar-refractivity contribution in [2.24, 2.45) is 11.7 Å². The normalized spacial score (nSPS) is 22.2. The van der Waals surface area contributed by atoms with E-state index in [1.807, 2.05) is 24.3 Å². The summed E-state index contributed by atoms with van der Waals surface area (Å²) in [5, 5.41) is 0.